The molecule has 158 valence electrons. The lowest BCUT2D eigenvalue weighted by Gasteiger charge is -2.44. The summed E-state index contributed by atoms with van der Waals surface area (Å²) in [6, 6.07) is -0.934. The smallest absolute Gasteiger partial charge is 0.237 e. The molecule has 9 heteroatoms. The van der Waals surface area contributed by atoms with Crippen LogP contribution >= 0.6 is 23.4 Å². The monoisotopic (exact) mass is 424 g/mol. The number of carbonyl (C=O) groups excluding carboxylic acids is 1. The highest BCUT2D eigenvalue weighted by Crippen LogP contribution is 2.31. The van der Waals surface area contributed by atoms with E-state index < -0.39 is 41.3 Å². The molecular weight excluding hydrogens is 392 g/mol. The summed E-state index contributed by atoms with van der Waals surface area (Å²) in [6.45, 7) is 4.74. The van der Waals surface area contributed by atoms with E-state index in [0.717, 1.165) is 25.8 Å². The molecule has 2 heterocycles. The van der Waals surface area contributed by atoms with Gasteiger partial charge in [-0.2, -0.15) is 0 Å². The molecule has 0 bridgehead atoms. The van der Waals surface area contributed by atoms with Gasteiger partial charge < -0.3 is 25.4 Å². The highest BCUT2D eigenvalue weighted by Gasteiger charge is 2.48. The standard InChI is InChI=1S/C18H33ClN2O5S/c1-5-6-10-7-11(21(3)8-10)17(25)20-12(9(2)19)16-14(23)13(22)15(24)18(26-16)27-4/h9-16,18,22-24H,5-8H2,1-4H3,(H,20,25)/t9?,10-,11+,12?,13+,14+,15-,16+,18-/m1/s1. The third-order valence-electron chi connectivity index (χ3n) is 5.63. The van der Waals surface area contributed by atoms with Crippen molar-refractivity contribution in [1.29, 1.82) is 0 Å². The second-order valence-corrected chi connectivity index (χ2v) is 9.36. The summed E-state index contributed by atoms with van der Waals surface area (Å²) < 4.78 is 5.79. The number of likely N-dealkylation sites (tertiary alicyclic amines) is 1. The Hall–Kier alpha value is -0.0900. The van der Waals surface area contributed by atoms with E-state index in [1.807, 2.05) is 11.9 Å². The zero-order valence-electron chi connectivity index (χ0n) is 16.4. The van der Waals surface area contributed by atoms with Crippen molar-refractivity contribution >= 4 is 29.3 Å². The number of aliphatic hydroxyl groups is 3. The van der Waals surface area contributed by atoms with Crippen LogP contribution in [0.3, 0.4) is 0 Å². The Morgan fingerprint density at radius 3 is 2.56 bits per heavy atom. The molecule has 2 fully saturated rings. The molecule has 0 aromatic carbocycles. The number of alkyl halides is 1. The Morgan fingerprint density at radius 2 is 2.00 bits per heavy atom. The molecular formula is C18H33ClN2O5S. The second-order valence-electron chi connectivity index (χ2n) is 7.73. The molecule has 27 heavy (non-hydrogen) atoms. The number of likely N-dealkylation sites (N-methyl/N-ethyl adjacent to an activating group) is 1. The van der Waals surface area contributed by atoms with Crippen molar-refractivity contribution in [3.63, 3.8) is 0 Å². The highest BCUT2D eigenvalue weighted by molar-refractivity contribution is 7.99. The van der Waals surface area contributed by atoms with Gasteiger partial charge in [-0.15, -0.1) is 23.4 Å². The van der Waals surface area contributed by atoms with Gasteiger partial charge in [0.1, 0.15) is 29.9 Å². The summed E-state index contributed by atoms with van der Waals surface area (Å²) in [5, 5.41) is 33.0. The van der Waals surface area contributed by atoms with Gasteiger partial charge in [-0.05, 0) is 39.0 Å². The van der Waals surface area contributed by atoms with Crippen LogP contribution in [0.4, 0.5) is 0 Å². The number of hydrogen-bond acceptors (Lipinski definition) is 7. The zero-order valence-corrected chi connectivity index (χ0v) is 18.0. The zero-order chi connectivity index (χ0) is 20.3. The lowest BCUT2D eigenvalue weighted by atomic mass is 9.92. The Bertz CT molecular complexity index is 498. The van der Waals surface area contributed by atoms with Crippen molar-refractivity contribution in [3.8, 4) is 0 Å². The molecule has 2 rings (SSSR count). The van der Waals surface area contributed by atoms with E-state index in [0.29, 0.717) is 5.92 Å². The van der Waals surface area contributed by atoms with Gasteiger partial charge in [0.2, 0.25) is 5.91 Å². The quantitative estimate of drug-likeness (QED) is 0.438. The summed E-state index contributed by atoms with van der Waals surface area (Å²) >= 11 is 7.55. The minimum Gasteiger partial charge on any atom is -0.388 e. The van der Waals surface area contributed by atoms with Crippen LogP contribution < -0.4 is 5.32 Å². The number of rotatable bonds is 7. The molecule has 0 aromatic rings. The Labute approximate surface area is 170 Å². The summed E-state index contributed by atoms with van der Waals surface area (Å²) in [4.78, 5) is 14.9. The number of ether oxygens (including phenoxy) is 1. The lowest BCUT2D eigenvalue weighted by molar-refractivity contribution is -0.205. The molecule has 0 saturated carbocycles. The molecule has 0 radical (unpaired) electrons. The number of nitrogens with one attached hydrogen (secondary N) is 1. The van der Waals surface area contributed by atoms with E-state index in [4.69, 9.17) is 16.3 Å². The van der Waals surface area contributed by atoms with Crippen molar-refractivity contribution in [2.24, 2.45) is 5.92 Å². The summed E-state index contributed by atoms with van der Waals surface area (Å²) in [6.07, 6.45) is -0.0980. The highest BCUT2D eigenvalue weighted by atomic mass is 35.5. The Morgan fingerprint density at radius 1 is 1.33 bits per heavy atom. The minimum absolute atomic E-state index is 0.147. The van der Waals surface area contributed by atoms with Crippen molar-refractivity contribution < 1.29 is 24.9 Å². The first-order chi connectivity index (χ1) is 12.7. The van der Waals surface area contributed by atoms with Crippen molar-refractivity contribution in [2.75, 3.05) is 19.8 Å². The van der Waals surface area contributed by atoms with E-state index in [2.05, 4.69) is 12.2 Å². The third-order valence-corrected chi connectivity index (χ3v) is 6.76. The van der Waals surface area contributed by atoms with Gasteiger partial charge in [-0.3, -0.25) is 9.69 Å². The fourth-order valence-electron chi connectivity index (χ4n) is 4.11. The lowest BCUT2D eigenvalue weighted by Crippen LogP contribution is -2.65. The first kappa shape index (κ1) is 23.2. The van der Waals surface area contributed by atoms with E-state index in [1.54, 1.807) is 13.2 Å². The molecule has 4 N–H and O–H groups in total. The number of amides is 1. The predicted molar refractivity (Wildman–Crippen MR) is 107 cm³/mol. The van der Waals surface area contributed by atoms with Crippen LogP contribution in [0.15, 0.2) is 0 Å². The topological polar surface area (TPSA) is 102 Å². The van der Waals surface area contributed by atoms with Crippen LogP contribution in [-0.4, -0.2) is 93.3 Å². The van der Waals surface area contributed by atoms with Crippen molar-refractivity contribution in [2.45, 2.75) is 80.4 Å². The number of thioether (sulfide) groups is 1. The van der Waals surface area contributed by atoms with Crippen LogP contribution in [0.25, 0.3) is 0 Å². The fourth-order valence-corrected chi connectivity index (χ4v) is 5.00. The average molecular weight is 425 g/mol. The first-order valence-electron chi connectivity index (χ1n) is 9.58. The van der Waals surface area contributed by atoms with Crippen molar-refractivity contribution in [1.82, 2.24) is 10.2 Å². The molecule has 0 aliphatic carbocycles. The van der Waals surface area contributed by atoms with E-state index in [1.165, 1.54) is 11.8 Å². The molecule has 2 aliphatic heterocycles. The third kappa shape index (κ3) is 5.29. The number of halogens is 1. The van der Waals surface area contributed by atoms with Crippen LogP contribution in [0.5, 0.6) is 0 Å². The van der Waals surface area contributed by atoms with Crippen LogP contribution in [0.2, 0.25) is 0 Å². The second kappa shape index (κ2) is 10.1. The molecule has 1 amide bonds. The molecule has 9 atom stereocenters. The van der Waals surface area contributed by atoms with Gasteiger partial charge in [0.15, 0.2) is 0 Å². The van der Waals surface area contributed by atoms with E-state index in [9.17, 15) is 20.1 Å². The van der Waals surface area contributed by atoms with Gasteiger partial charge in [0.05, 0.1) is 17.5 Å². The number of carbonyl (C=O) groups is 1. The van der Waals surface area contributed by atoms with Gasteiger partial charge in [-0.1, -0.05) is 13.3 Å². The van der Waals surface area contributed by atoms with Crippen molar-refractivity contribution in [3.05, 3.63) is 0 Å². The Balaban J connectivity index is 2.09. The largest absolute Gasteiger partial charge is 0.388 e. The molecule has 2 saturated heterocycles. The average Bonchev–Trinajstić information content (AvgIpc) is 2.99. The number of hydrogen-bond donors (Lipinski definition) is 4. The van der Waals surface area contributed by atoms with Crippen LogP contribution in [-0.2, 0) is 9.53 Å². The summed E-state index contributed by atoms with van der Waals surface area (Å²) in [7, 11) is 1.94. The molecule has 2 unspecified atom stereocenters. The maximum absolute atomic E-state index is 12.9. The normalized spacial score (nSPS) is 39.9. The molecule has 0 spiro atoms. The number of nitrogens with zero attached hydrogens (tertiary/aromatic N) is 1. The number of aliphatic hydroxyl groups excluding tert-OH is 3. The van der Waals surface area contributed by atoms with E-state index >= 15 is 0 Å². The maximum Gasteiger partial charge on any atom is 0.237 e. The molecule has 0 aromatic heterocycles. The summed E-state index contributed by atoms with van der Waals surface area (Å²) in [5.74, 6) is 0.350. The van der Waals surface area contributed by atoms with Gasteiger partial charge in [0, 0.05) is 6.54 Å². The van der Waals surface area contributed by atoms with Crippen LogP contribution in [0, 0.1) is 5.92 Å². The molecule has 2 aliphatic rings. The maximum atomic E-state index is 12.9. The van der Waals surface area contributed by atoms with Gasteiger partial charge in [0.25, 0.3) is 0 Å². The van der Waals surface area contributed by atoms with Gasteiger partial charge >= 0.3 is 0 Å². The van der Waals surface area contributed by atoms with E-state index in [-0.39, 0.29) is 11.9 Å². The molecule has 7 nitrogen and oxygen atoms in total. The fraction of sp³-hybridized carbons (Fsp3) is 0.944. The van der Waals surface area contributed by atoms with Gasteiger partial charge in [-0.25, -0.2) is 0 Å². The summed E-state index contributed by atoms with van der Waals surface area (Å²) in [5.41, 5.74) is -0.702. The predicted octanol–water partition coefficient (Wildman–Crippen LogP) is 0.390. The first-order valence-corrected chi connectivity index (χ1v) is 11.3. The minimum atomic E-state index is -1.36. The van der Waals surface area contributed by atoms with Crippen LogP contribution in [0.1, 0.15) is 33.1 Å². The Kier molecular flexibility index (Phi) is 8.67. The SMILES string of the molecule is CCC[C@@H]1C[C@@H](C(=O)NC(C(C)Cl)[C@@H]2O[C@H](SC)[C@H](O)[C@@H](O)[C@@H]2O)N(C)C1.